The van der Waals surface area contributed by atoms with E-state index in [9.17, 15) is 19.8 Å². The number of nitrogens with zero attached hydrogens (tertiary/aromatic N) is 3. The van der Waals surface area contributed by atoms with E-state index < -0.39 is 11.1 Å². The standard InChI is InChI=1S/C32H49N3O4.C2H6/c1-6-20-22-11-17-32-23-10-16-30(18-36)13-7-14-31(19(2)3,34-27(38)33(5)28(39)35(32)34)26(30)21(23)8-9-25(32)29(22,4)15-12-24(20)37;1-2/h19-20,22-25,36-37H,6-18H2,1-5H3;1-2H3. The summed E-state index contributed by atoms with van der Waals surface area (Å²) in [6.07, 6.45) is 11.2. The van der Waals surface area contributed by atoms with Crippen molar-refractivity contribution in [3.05, 3.63) is 32.1 Å². The van der Waals surface area contributed by atoms with Gasteiger partial charge in [-0.25, -0.2) is 23.5 Å². The van der Waals surface area contributed by atoms with Crippen LogP contribution in [0.2, 0.25) is 0 Å². The highest BCUT2D eigenvalue weighted by Crippen LogP contribution is 2.72. The number of allylic oxidation sites excluding steroid dienone is 1. The molecule has 0 saturated heterocycles. The Hall–Kier alpha value is -1.60. The van der Waals surface area contributed by atoms with Gasteiger partial charge in [0, 0.05) is 18.4 Å². The van der Waals surface area contributed by atoms with Crippen molar-refractivity contribution in [1.29, 1.82) is 0 Å². The van der Waals surface area contributed by atoms with Crippen molar-refractivity contribution < 1.29 is 10.2 Å². The van der Waals surface area contributed by atoms with Gasteiger partial charge in [0.1, 0.15) is 0 Å². The van der Waals surface area contributed by atoms with Crippen LogP contribution in [0.1, 0.15) is 119 Å². The molecule has 0 radical (unpaired) electrons. The molecule has 7 rings (SSSR count). The number of aliphatic hydroxyl groups is 2. The molecule has 6 aliphatic rings. The van der Waals surface area contributed by atoms with Gasteiger partial charge in [-0.3, -0.25) is 0 Å². The molecule has 1 aliphatic heterocycles. The largest absolute Gasteiger partial charge is 0.395 e. The number of aromatic nitrogens is 3. The molecule has 4 bridgehead atoms. The third-order valence-electron chi connectivity index (χ3n) is 13.9. The number of hydrogen-bond acceptors (Lipinski definition) is 4. The van der Waals surface area contributed by atoms with Crippen LogP contribution in [0.25, 0.3) is 0 Å². The van der Waals surface area contributed by atoms with Crippen molar-refractivity contribution in [2.75, 3.05) is 6.61 Å². The van der Waals surface area contributed by atoms with Crippen molar-refractivity contribution in [2.24, 2.45) is 47.5 Å². The van der Waals surface area contributed by atoms with Crippen molar-refractivity contribution in [2.45, 2.75) is 136 Å². The summed E-state index contributed by atoms with van der Waals surface area (Å²) in [6.45, 7) is 13.3. The second kappa shape index (κ2) is 9.70. The number of rotatable bonds is 3. The summed E-state index contributed by atoms with van der Waals surface area (Å²) in [5, 5.41) is 22.1. The molecule has 7 nitrogen and oxygen atoms in total. The Morgan fingerprint density at radius 3 is 2.32 bits per heavy atom. The predicted molar refractivity (Wildman–Crippen MR) is 162 cm³/mol. The molecule has 0 aromatic carbocycles. The van der Waals surface area contributed by atoms with Crippen LogP contribution in [0.5, 0.6) is 0 Å². The topological polar surface area (TPSA) is 89.4 Å². The fourth-order valence-corrected chi connectivity index (χ4v) is 12.4. The summed E-state index contributed by atoms with van der Waals surface area (Å²) in [5.74, 6) is 1.40. The Morgan fingerprint density at radius 2 is 1.66 bits per heavy atom. The molecule has 1 aromatic heterocycles. The van der Waals surface area contributed by atoms with E-state index in [1.807, 2.05) is 18.5 Å². The lowest BCUT2D eigenvalue weighted by molar-refractivity contribution is -0.166. The summed E-state index contributed by atoms with van der Waals surface area (Å²) in [6, 6.07) is 0. The zero-order valence-electron chi connectivity index (χ0n) is 26.7. The summed E-state index contributed by atoms with van der Waals surface area (Å²) in [5.41, 5.74) is 1.27. The quantitative estimate of drug-likeness (QED) is 0.483. The van der Waals surface area contributed by atoms with E-state index in [1.54, 1.807) is 7.05 Å². The third-order valence-corrected chi connectivity index (χ3v) is 13.9. The molecular formula is C34H55N3O4. The van der Waals surface area contributed by atoms with E-state index in [0.29, 0.717) is 11.8 Å². The zero-order valence-corrected chi connectivity index (χ0v) is 26.7. The highest BCUT2D eigenvalue weighted by atomic mass is 16.3. The number of fused-ring (bicyclic) bond motifs is 4. The first-order chi connectivity index (χ1) is 19.5. The predicted octanol–water partition coefficient (Wildman–Crippen LogP) is 5.31. The molecule has 0 amide bonds. The van der Waals surface area contributed by atoms with Crippen molar-refractivity contribution in [1.82, 2.24) is 13.9 Å². The summed E-state index contributed by atoms with van der Waals surface area (Å²) < 4.78 is 5.43. The van der Waals surface area contributed by atoms with Crippen LogP contribution >= 0.6 is 0 Å². The van der Waals surface area contributed by atoms with Crippen LogP contribution in [-0.2, 0) is 18.1 Å². The van der Waals surface area contributed by atoms with Crippen LogP contribution in [0.15, 0.2) is 20.7 Å². The van der Waals surface area contributed by atoms with Gasteiger partial charge < -0.3 is 10.2 Å². The Morgan fingerprint density at radius 1 is 0.951 bits per heavy atom. The molecule has 1 spiro atoms. The molecule has 4 saturated carbocycles. The van der Waals surface area contributed by atoms with Gasteiger partial charge in [0.2, 0.25) is 0 Å². The first-order valence-electron chi connectivity index (χ1n) is 17.0. The molecule has 5 aliphatic carbocycles. The zero-order chi connectivity index (χ0) is 29.7. The second-order valence-electron chi connectivity index (χ2n) is 15.0. The van der Waals surface area contributed by atoms with E-state index in [4.69, 9.17) is 0 Å². The maximum absolute atomic E-state index is 14.4. The molecule has 2 heterocycles. The fraction of sp³-hybridized carbons (Fsp3) is 0.882. The first-order valence-corrected chi connectivity index (χ1v) is 17.0. The normalized spacial score (nSPS) is 44.3. The van der Waals surface area contributed by atoms with E-state index in [-0.39, 0.29) is 52.7 Å². The number of aliphatic hydroxyl groups excluding tert-OH is 2. The molecule has 7 heteroatoms. The SMILES string of the molecule is CC.CCC1C(O)CCC2(C)C1CCC13C4CCC5(CO)CCCC(C(C)C)(C5=C4CCC21)n1c(=O)n(C)c(=O)n13. The Labute approximate surface area is 246 Å². The monoisotopic (exact) mass is 569 g/mol. The van der Waals surface area contributed by atoms with Gasteiger partial charge in [-0.1, -0.05) is 53.5 Å². The lowest BCUT2D eigenvalue weighted by Gasteiger charge is -2.66. The van der Waals surface area contributed by atoms with Crippen LogP contribution in [-0.4, -0.2) is 36.9 Å². The van der Waals surface area contributed by atoms with Crippen molar-refractivity contribution in [3.8, 4) is 0 Å². The van der Waals surface area contributed by atoms with Crippen molar-refractivity contribution in [3.63, 3.8) is 0 Å². The highest BCUT2D eigenvalue weighted by molar-refractivity contribution is 5.43. The van der Waals surface area contributed by atoms with Gasteiger partial charge >= 0.3 is 11.4 Å². The summed E-state index contributed by atoms with van der Waals surface area (Å²) in [4.78, 5) is 28.8. The molecule has 230 valence electrons. The maximum Gasteiger partial charge on any atom is 0.347 e. The van der Waals surface area contributed by atoms with E-state index in [2.05, 4.69) is 32.4 Å². The molecule has 41 heavy (non-hydrogen) atoms. The van der Waals surface area contributed by atoms with Crippen LogP contribution in [0.3, 0.4) is 0 Å². The van der Waals surface area contributed by atoms with Gasteiger partial charge in [0.05, 0.1) is 23.8 Å². The minimum absolute atomic E-state index is 0.0243. The Balaban J connectivity index is 0.00000148. The van der Waals surface area contributed by atoms with Gasteiger partial charge in [0.15, 0.2) is 0 Å². The Kier molecular flexibility index (Phi) is 6.97. The Bertz CT molecular complexity index is 1350. The molecule has 4 fully saturated rings. The van der Waals surface area contributed by atoms with E-state index in [1.165, 1.54) is 15.7 Å². The van der Waals surface area contributed by atoms with Crippen LogP contribution in [0, 0.1) is 40.4 Å². The summed E-state index contributed by atoms with van der Waals surface area (Å²) >= 11 is 0. The van der Waals surface area contributed by atoms with Gasteiger partial charge in [-0.15, -0.1) is 0 Å². The highest BCUT2D eigenvalue weighted by Gasteiger charge is 2.70. The number of hydrogen-bond donors (Lipinski definition) is 2. The summed E-state index contributed by atoms with van der Waals surface area (Å²) in [7, 11) is 1.67. The van der Waals surface area contributed by atoms with Crippen molar-refractivity contribution >= 4 is 0 Å². The second-order valence-corrected chi connectivity index (χ2v) is 15.0. The minimum Gasteiger partial charge on any atom is -0.395 e. The molecule has 1 aromatic rings. The van der Waals surface area contributed by atoms with Gasteiger partial charge in [0.25, 0.3) is 0 Å². The lowest BCUT2D eigenvalue weighted by Crippen LogP contribution is -2.66. The third kappa shape index (κ3) is 3.29. The fourth-order valence-electron chi connectivity index (χ4n) is 12.4. The molecular weight excluding hydrogens is 514 g/mol. The van der Waals surface area contributed by atoms with Crippen LogP contribution in [0.4, 0.5) is 0 Å². The van der Waals surface area contributed by atoms with Gasteiger partial charge in [-0.2, -0.15) is 0 Å². The van der Waals surface area contributed by atoms with Crippen LogP contribution < -0.4 is 11.4 Å². The minimum atomic E-state index is -0.572. The van der Waals surface area contributed by atoms with E-state index >= 15 is 0 Å². The van der Waals surface area contributed by atoms with E-state index in [0.717, 1.165) is 77.0 Å². The molecule has 2 N–H and O–H groups in total. The molecule has 9 atom stereocenters. The lowest BCUT2D eigenvalue weighted by atomic mass is 9.40. The molecule has 9 unspecified atom stereocenters. The average Bonchev–Trinajstić information content (AvgIpc) is 3.19. The average molecular weight is 570 g/mol. The maximum atomic E-state index is 14.4. The van der Waals surface area contributed by atoms with Gasteiger partial charge in [-0.05, 0) is 105 Å². The first kappa shape index (κ1) is 29.5. The smallest absolute Gasteiger partial charge is 0.347 e.